The molecule has 0 aliphatic carbocycles. The molecule has 0 aromatic heterocycles. The molecule has 15 heavy (non-hydrogen) atoms. The third-order valence-corrected chi connectivity index (χ3v) is 4.60. The fourth-order valence-electron chi connectivity index (χ4n) is 1.80. The van der Waals surface area contributed by atoms with Crippen molar-refractivity contribution in [3.63, 3.8) is 0 Å². The summed E-state index contributed by atoms with van der Waals surface area (Å²) in [5, 5.41) is 0. The SMILES string of the molecule is CC(C)N(C1CCSCC1)S(=O)(=O)[O-].[Na+]. The van der Waals surface area contributed by atoms with Gasteiger partial charge in [0.05, 0.1) is 0 Å². The monoisotopic (exact) mass is 261 g/mol. The van der Waals surface area contributed by atoms with Gasteiger partial charge in [-0.05, 0) is 38.2 Å². The van der Waals surface area contributed by atoms with Crippen LogP contribution in [0.15, 0.2) is 0 Å². The number of hydrogen-bond acceptors (Lipinski definition) is 4. The number of thioether (sulfide) groups is 1. The summed E-state index contributed by atoms with van der Waals surface area (Å²) in [7, 11) is -4.29. The average molecular weight is 261 g/mol. The van der Waals surface area contributed by atoms with E-state index < -0.39 is 10.3 Å². The molecule has 1 aliphatic heterocycles. The summed E-state index contributed by atoms with van der Waals surface area (Å²) >= 11 is 1.81. The molecule has 0 atom stereocenters. The second-order valence-electron chi connectivity index (χ2n) is 3.72. The minimum atomic E-state index is -4.29. The van der Waals surface area contributed by atoms with Crippen LogP contribution in [0.25, 0.3) is 0 Å². The summed E-state index contributed by atoms with van der Waals surface area (Å²) in [6.07, 6.45) is 1.59. The molecule has 0 bridgehead atoms. The molecule has 0 saturated carbocycles. The molecule has 0 unspecified atom stereocenters. The van der Waals surface area contributed by atoms with Crippen LogP contribution in [0.1, 0.15) is 26.7 Å². The number of rotatable bonds is 3. The van der Waals surface area contributed by atoms with E-state index in [1.54, 1.807) is 13.8 Å². The Labute approximate surface area is 118 Å². The van der Waals surface area contributed by atoms with Crippen LogP contribution in [0.2, 0.25) is 0 Å². The van der Waals surface area contributed by atoms with Gasteiger partial charge < -0.3 is 4.55 Å². The Morgan fingerprint density at radius 2 is 1.80 bits per heavy atom. The first-order chi connectivity index (χ1) is 6.43. The van der Waals surface area contributed by atoms with Crippen molar-refractivity contribution < 1.29 is 42.5 Å². The van der Waals surface area contributed by atoms with Gasteiger partial charge in [-0.2, -0.15) is 11.8 Å². The Kier molecular flexibility index (Phi) is 7.39. The van der Waals surface area contributed by atoms with Gasteiger partial charge in [-0.3, -0.25) is 0 Å². The van der Waals surface area contributed by atoms with Gasteiger partial charge in [0.25, 0.3) is 0 Å². The first-order valence-electron chi connectivity index (χ1n) is 4.75. The molecule has 0 amide bonds. The van der Waals surface area contributed by atoms with E-state index in [-0.39, 0.29) is 41.6 Å². The third-order valence-electron chi connectivity index (χ3n) is 2.32. The Bertz CT molecular complexity index is 276. The molecule has 0 aromatic carbocycles. The standard InChI is InChI=1S/C8H17NO3S2.Na/c1-7(2)9(14(10,11)12)8-3-5-13-6-4-8;/h7-8H,3-6H2,1-2H3,(H,10,11,12);/q;+1/p-1. The van der Waals surface area contributed by atoms with Crippen molar-refractivity contribution in [1.29, 1.82) is 0 Å². The van der Waals surface area contributed by atoms with Crippen molar-refractivity contribution >= 4 is 22.1 Å². The Morgan fingerprint density at radius 3 is 2.13 bits per heavy atom. The van der Waals surface area contributed by atoms with E-state index in [2.05, 4.69) is 0 Å². The summed E-state index contributed by atoms with van der Waals surface area (Å²) in [6, 6.07) is -0.315. The molecule has 0 aromatic rings. The molecule has 0 radical (unpaired) electrons. The molecule has 84 valence electrons. The van der Waals surface area contributed by atoms with Gasteiger partial charge in [-0.1, -0.05) is 0 Å². The fourth-order valence-corrected chi connectivity index (χ4v) is 3.98. The zero-order valence-electron chi connectivity index (χ0n) is 9.47. The quantitative estimate of drug-likeness (QED) is 0.438. The third kappa shape index (κ3) is 4.93. The van der Waals surface area contributed by atoms with E-state index in [0.29, 0.717) is 0 Å². The first kappa shape index (κ1) is 16.2. The first-order valence-corrected chi connectivity index (χ1v) is 7.27. The molecule has 1 heterocycles. The topological polar surface area (TPSA) is 60.4 Å². The van der Waals surface area contributed by atoms with E-state index in [1.165, 1.54) is 0 Å². The van der Waals surface area contributed by atoms with Gasteiger partial charge in [0, 0.05) is 12.1 Å². The molecule has 1 fully saturated rings. The maximum atomic E-state index is 11.0. The second-order valence-corrected chi connectivity index (χ2v) is 6.23. The molecular formula is C8H16NNaO3S2. The normalized spacial score (nSPS) is 19.3. The summed E-state index contributed by atoms with van der Waals surface area (Å²) < 4.78 is 34.2. The zero-order chi connectivity index (χ0) is 10.8. The Morgan fingerprint density at radius 1 is 1.33 bits per heavy atom. The van der Waals surface area contributed by atoms with Crippen LogP contribution in [0.4, 0.5) is 0 Å². The van der Waals surface area contributed by atoms with Crippen molar-refractivity contribution in [3.05, 3.63) is 0 Å². The molecule has 0 N–H and O–H groups in total. The molecule has 1 saturated heterocycles. The van der Waals surface area contributed by atoms with Crippen molar-refractivity contribution in [2.75, 3.05) is 11.5 Å². The molecule has 7 heteroatoms. The van der Waals surface area contributed by atoms with Crippen LogP contribution >= 0.6 is 11.8 Å². The average Bonchev–Trinajstić information content (AvgIpc) is 2.02. The summed E-state index contributed by atoms with van der Waals surface area (Å²) in [5.74, 6) is 1.90. The van der Waals surface area contributed by atoms with Gasteiger partial charge >= 0.3 is 29.6 Å². The molecular weight excluding hydrogens is 245 g/mol. The van der Waals surface area contributed by atoms with Crippen LogP contribution in [-0.2, 0) is 10.3 Å². The van der Waals surface area contributed by atoms with E-state index >= 15 is 0 Å². The van der Waals surface area contributed by atoms with Crippen LogP contribution in [0.5, 0.6) is 0 Å². The van der Waals surface area contributed by atoms with Crippen LogP contribution in [0, 0.1) is 0 Å². The largest absolute Gasteiger partial charge is 1.00 e. The van der Waals surface area contributed by atoms with Crippen molar-refractivity contribution in [1.82, 2.24) is 4.31 Å². The van der Waals surface area contributed by atoms with Crippen molar-refractivity contribution in [3.8, 4) is 0 Å². The van der Waals surface area contributed by atoms with Gasteiger partial charge in [0.15, 0.2) is 10.3 Å². The summed E-state index contributed by atoms with van der Waals surface area (Å²) in [5.41, 5.74) is 0. The van der Waals surface area contributed by atoms with Crippen LogP contribution < -0.4 is 29.6 Å². The van der Waals surface area contributed by atoms with E-state index in [0.717, 1.165) is 28.7 Å². The van der Waals surface area contributed by atoms with Gasteiger partial charge in [0.1, 0.15) is 0 Å². The maximum Gasteiger partial charge on any atom is 1.00 e. The predicted octanol–water partition coefficient (Wildman–Crippen LogP) is -1.94. The van der Waals surface area contributed by atoms with Crippen molar-refractivity contribution in [2.24, 2.45) is 0 Å². The van der Waals surface area contributed by atoms with Crippen LogP contribution in [0.3, 0.4) is 0 Å². The van der Waals surface area contributed by atoms with Gasteiger partial charge in [0.2, 0.25) is 0 Å². The zero-order valence-corrected chi connectivity index (χ0v) is 13.1. The van der Waals surface area contributed by atoms with E-state index in [4.69, 9.17) is 0 Å². The Balaban J connectivity index is 0.00000196. The van der Waals surface area contributed by atoms with Gasteiger partial charge in [-0.25, -0.2) is 12.7 Å². The van der Waals surface area contributed by atoms with E-state index in [1.807, 2.05) is 11.8 Å². The van der Waals surface area contributed by atoms with Crippen molar-refractivity contribution in [2.45, 2.75) is 38.8 Å². The summed E-state index contributed by atoms with van der Waals surface area (Å²) in [6.45, 7) is 3.49. The van der Waals surface area contributed by atoms with E-state index in [9.17, 15) is 13.0 Å². The molecule has 4 nitrogen and oxygen atoms in total. The Hall–Kier alpha value is 1.22. The smallest absolute Gasteiger partial charge is 0.735 e. The van der Waals surface area contributed by atoms with Gasteiger partial charge in [-0.15, -0.1) is 0 Å². The minimum Gasteiger partial charge on any atom is -0.735 e. The summed E-state index contributed by atoms with van der Waals surface area (Å²) in [4.78, 5) is 0. The minimum absolute atomic E-state index is 0. The number of hydrogen-bond donors (Lipinski definition) is 0. The predicted molar refractivity (Wildman–Crippen MR) is 57.0 cm³/mol. The number of nitrogens with zero attached hydrogens (tertiary/aromatic N) is 1. The molecule has 0 spiro atoms. The molecule has 1 rings (SSSR count). The van der Waals surface area contributed by atoms with Crippen LogP contribution in [-0.4, -0.2) is 40.9 Å². The fraction of sp³-hybridized carbons (Fsp3) is 1.00. The maximum absolute atomic E-state index is 11.0. The molecule has 1 aliphatic rings. The second kappa shape index (κ2) is 6.83.